The van der Waals surface area contributed by atoms with E-state index in [4.69, 9.17) is 0 Å². The van der Waals surface area contributed by atoms with Gasteiger partial charge in [-0.2, -0.15) is 0 Å². The Bertz CT molecular complexity index is 971. The molecule has 0 fully saturated rings. The number of aromatic hydroxyl groups is 1. The molecule has 3 rings (SSSR count). The maximum absolute atomic E-state index is 12.4. The normalized spacial score (nSPS) is 11.0. The molecule has 0 spiro atoms. The summed E-state index contributed by atoms with van der Waals surface area (Å²) in [5, 5.41) is 13.5. The Morgan fingerprint density at radius 2 is 2.14 bits per heavy atom. The highest BCUT2D eigenvalue weighted by molar-refractivity contribution is 7.26. The van der Waals surface area contributed by atoms with E-state index in [0.29, 0.717) is 16.5 Å². The van der Waals surface area contributed by atoms with Crippen LogP contribution >= 0.6 is 11.3 Å². The summed E-state index contributed by atoms with van der Waals surface area (Å²) in [5.41, 5.74) is -0.351. The van der Waals surface area contributed by atoms with Gasteiger partial charge in [-0.1, -0.05) is 18.2 Å². The lowest BCUT2D eigenvalue weighted by atomic mass is 10.1. The van der Waals surface area contributed by atoms with Gasteiger partial charge in [0.15, 0.2) is 5.75 Å². The number of hydrogen-bond acceptors (Lipinski definition) is 5. The summed E-state index contributed by atoms with van der Waals surface area (Å²) in [6.45, 7) is -0.216. The number of carbonyl (C=O) groups excluding carboxylic acids is 2. The summed E-state index contributed by atoms with van der Waals surface area (Å²) < 4.78 is 2.73. The first-order chi connectivity index (χ1) is 10.6. The first-order valence-corrected chi connectivity index (χ1v) is 7.33. The van der Waals surface area contributed by atoms with E-state index in [0.717, 1.165) is 10.1 Å². The molecule has 0 aliphatic rings. The van der Waals surface area contributed by atoms with Crippen molar-refractivity contribution in [2.24, 2.45) is 7.05 Å². The van der Waals surface area contributed by atoms with Crippen LogP contribution in [0.1, 0.15) is 10.4 Å². The molecule has 0 saturated carbocycles. The lowest BCUT2D eigenvalue weighted by Crippen LogP contribution is -2.33. The molecule has 0 aliphatic carbocycles. The molecule has 2 aromatic heterocycles. The maximum Gasteiger partial charge on any atom is 0.267 e. The molecule has 0 aliphatic heterocycles. The van der Waals surface area contributed by atoms with Crippen molar-refractivity contribution in [2.45, 2.75) is 0 Å². The van der Waals surface area contributed by atoms with E-state index in [1.165, 1.54) is 15.9 Å². The fourth-order valence-electron chi connectivity index (χ4n) is 2.44. The van der Waals surface area contributed by atoms with Crippen molar-refractivity contribution >= 4 is 43.8 Å². The zero-order valence-electron chi connectivity index (χ0n) is 11.6. The minimum absolute atomic E-state index is 0.216. The van der Waals surface area contributed by atoms with Crippen LogP contribution in [0, 0.1) is 0 Å². The molecule has 2 N–H and O–H groups in total. The quantitative estimate of drug-likeness (QED) is 0.715. The van der Waals surface area contributed by atoms with E-state index in [1.54, 1.807) is 7.05 Å². The van der Waals surface area contributed by atoms with Crippen LogP contribution in [-0.4, -0.2) is 28.4 Å². The number of amides is 1. The van der Waals surface area contributed by atoms with Crippen molar-refractivity contribution in [1.82, 2.24) is 9.88 Å². The molecule has 1 aromatic carbocycles. The molecule has 0 saturated heterocycles. The highest BCUT2D eigenvalue weighted by Gasteiger charge is 2.23. The minimum atomic E-state index is -0.760. The third-order valence-electron chi connectivity index (χ3n) is 3.45. The van der Waals surface area contributed by atoms with Crippen LogP contribution in [0.3, 0.4) is 0 Å². The Kier molecular flexibility index (Phi) is 3.42. The van der Waals surface area contributed by atoms with Gasteiger partial charge in [0.2, 0.25) is 0 Å². The largest absolute Gasteiger partial charge is 0.505 e. The molecule has 0 atom stereocenters. The van der Waals surface area contributed by atoms with Gasteiger partial charge in [-0.25, -0.2) is 0 Å². The number of carbonyl (C=O) groups is 2. The molecule has 3 aromatic rings. The zero-order valence-corrected chi connectivity index (χ0v) is 12.4. The van der Waals surface area contributed by atoms with Crippen molar-refractivity contribution < 1.29 is 14.7 Å². The van der Waals surface area contributed by atoms with Crippen LogP contribution < -0.4 is 10.9 Å². The summed E-state index contributed by atoms with van der Waals surface area (Å²) in [4.78, 5) is 34.8. The molecular weight excluding hydrogens is 304 g/mol. The number of fused-ring (bicyclic) bond motifs is 3. The van der Waals surface area contributed by atoms with E-state index in [9.17, 15) is 19.5 Å². The summed E-state index contributed by atoms with van der Waals surface area (Å²) in [6, 6.07) is 7.46. The molecule has 0 bridgehead atoms. The Morgan fingerprint density at radius 1 is 1.41 bits per heavy atom. The average molecular weight is 316 g/mol. The standard InChI is InChI=1S/C15H12N2O4S/c1-17-11-8-4-2-3-5-9(8)22-13(11)12(19)10(15(17)21)14(20)16-6-7-18/h2-5,7,19H,6H2,1H3,(H,16,20). The summed E-state index contributed by atoms with van der Waals surface area (Å²) in [7, 11) is 1.56. The van der Waals surface area contributed by atoms with E-state index in [1.807, 2.05) is 24.3 Å². The van der Waals surface area contributed by atoms with E-state index >= 15 is 0 Å². The van der Waals surface area contributed by atoms with Gasteiger partial charge in [0, 0.05) is 17.1 Å². The van der Waals surface area contributed by atoms with Crippen LogP contribution in [-0.2, 0) is 11.8 Å². The number of aryl methyl sites for hydroxylation is 1. The number of benzene rings is 1. The van der Waals surface area contributed by atoms with Crippen LogP contribution in [0.5, 0.6) is 5.75 Å². The second-order valence-corrected chi connectivity index (χ2v) is 5.79. The Balaban J connectivity index is 2.37. The van der Waals surface area contributed by atoms with Crippen LogP contribution in [0.4, 0.5) is 0 Å². The number of hydrogen-bond donors (Lipinski definition) is 2. The van der Waals surface area contributed by atoms with Gasteiger partial charge in [-0.05, 0) is 6.07 Å². The Labute approximate surface area is 128 Å². The Hall–Kier alpha value is -2.67. The van der Waals surface area contributed by atoms with Crippen LogP contribution in [0.2, 0.25) is 0 Å². The summed E-state index contributed by atoms with van der Waals surface area (Å²) >= 11 is 1.31. The van der Waals surface area contributed by atoms with E-state index < -0.39 is 11.5 Å². The number of aromatic nitrogens is 1. The molecule has 112 valence electrons. The maximum atomic E-state index is 12.4. The fourth-order valence-corrected chi connectivity index (χ4v) is 3.62. The van der Waals surface area contributed by atoms with Crippen molar-refractivity contribution in [3.63, 3.8) is 0 Å². The van der Waals surface area contributed by atoms with E-state index in [-0.39, 0.29) is 17.9 Å². The molecule has 22 heavy (non-hydrogen) atoms. The van der Waals surface area contributed by atoms with Crippen LogP contribution in [0.15, 0.2) is 29.1 Å². The van der Waals surface area contributed by atoms with Crippen molar-refractivity contribution in [2.75, 3.05) is 6.54 Å². The number of thiophene rings is 1. The summed E-state index contributed by atoms with van der Waals surface area (Å²) in [5.74, 6) is -1.10. The highest BCUT2D eigenvalue weighted by Crippen LogP contribution is 2.38. The molecule has 6 nitrogen and oxygen atoms in total. The minimum Gasteiger partial charge on any atom is -0.505 e. The van der Waals surface area contributed by atoms with Crippen molar-refractivity contribution in [1.29, 1.82) is 0 Å². The monoisotopic (exact) mass is 316 g/mol. The topological polar surface area (TPSA) is 88.4 Å². The van der Waals surface area contributed by atoms with Gasteiger partial charge in [0.25, 0.3) is 11.5 Å². The second-order valence-electron chi connectivity index (χ2n) is 4.74. The smallest absolute Gasteiger partial charge is 0.267 e. The van der Waals surface area contributed by atoms with Gasteiger partial charge in [0.05, 0.1) is 16.8 Å². The SMILES string of the molecule is Cn1c(=O)c(C(=O)NCC=O)c(O)c2sc3ccccc3c21. The molecule has 7 heteroatoms. The van der Waals surface area contributed by atoms with E-state index in [2.05, 4.69) is 5.32 Å². The van der Waals surface area contributed by atoms with Crippen molar-refractivity contribution in [3.05, 3.63) is 40.2 Å². The van der Waals surface area contributed by atoms with Gasteiger partial charge < -0.3 is 19.8 Å². The highest BCUT2D eigenvalue weighted by atomic mass is 32.1. The van der Waals surface area contributed by atoms with Gasteiger partial charge in [-0.15, -0.1) is 11.3 Å². The first-order valence-electron chi connectivity index (χ1n) is 6.51. The second kappa shape index (κ2) is 5.27. The van der Waals surface area contributed by atoms with Gasteiger partial charge in [-0.3, -0.25) is 9.59 Å². The number of nitrogens with zero attached hydrogens (tertiary/aromatic N) is 1. The van der Waals surface area contributed by atoms with Gasteiger partial charge in [0.1, 0.15) is 11.8 Å². The predicted molar refractivity (Wildman–Crippen MR) is 84.6 cm³/mol. The first kappa shape index (κ1) is 14.3. The average Bonchev–Trinajstić information content (AvgIpc) is 2.91. The third kappa shape index (κ3) is 1.98. The predicted octanol–water partition coefficient (Wildman–Crippen LogP) is 1.39. The van der Waals surface area contributed by atoms with Gasteiger partial charge >= 0.3 is 0 Å². The fraction of sp³-hybridized carbons (Fsp3) is 0.133. The number of nitrogens with one attached hydrogen (secondary N) is 1. The lowest BCUT2D eigenvalue weighted by molar-refractivity contribution is -0.107. The molecule has 0 radical (unpaired) electrons. The third-order valence-corrected chi connectivity index (χ3v) is 4.61. The zero-order chi connectivity index (χ0) is 15.9. The van der Waals surface area contributed by atoms with Crippen molar-refractivity contribution in [3.8, 4) is 5.75 Å². The number of pyridine rings is 1. The molecule has 1 amide bonds. The lowest BCUT2D eigenvalue weighted by Gasteiger charge is -2.08. The van der Waals surface area contributed by atoms with Crippen LogP contribution in [0.25, 0.3) is 20.3 Å². The molecule has 2 heterocycles. The molecule has 0 unspecified atom stereocenters. The Morgan fingerprint density at radius 3 is 2.86 bits per heavy atom. The summed E-state index contributed by atoms with van der Waals surface area (Å²) in [6.07, 6.45) is 0.511. The number of aldehydes is 1. The molecular formula is C15H12N2O4S. The number of rotatable bonds is 3.